The third kappa shape index (κ3) is 3.01. The van der Waals surface area contributed by atoms with Crippen molar-refractivity contribution >= 4 is 24.6 Å². The number of halogens is 2. The summed E-state index contributed by atoms with van der Waals surface area (Å²) in [5, 5.41) is 5.79. The number of benzene rings is 2. The largest absolute Gasteiger partial charge is 2.00 e. The fourth-order valence-electron chi connectivity index (χ4n) is 4.95. The predicted octanol–water partition coefficient (Wildman–Crippen LogP) is -0.175. The van der Waals surface area contributed by atoms with E-state index in [0.29, 0.717) is 0 Å². The van der Waals surface area contributed by atoms with Gasteiger partial charge in [-0.3, -0.25) is 0 Å². The number of allylic oxidation sites excluding steroid dienone is 8. The Morgan fingerprint density at radius 2 is 1.69 bits per heavy atom. The molecule has 0 saturated heterocycles. The molecular formula is C24H19Cl2NSiZr. The first-order valence-electron chi connectivity index (χ1n) is 9.31. The van der Waals surface area contributed by atoms with Crippen LogP contribution >= 0.6 is 0 Å². The molecule has 0 atom stereocenters. The van der Waals surface area contributed by atoms with Gasteiger partial charge in [-0.2, -0.15) is 0 Å². The Morgan fingerprint density at radius 3 is 2.41 bits per heavy atom. The van der Waals surface area contributed by atoms with E-state index in [4.69, 9.17) is 4.99 Å². The number of fused-ring (bicyclic) bond motifs is 1. The van der Waals surface area contributed by atoms with E-state index in [1.54, 1.807) is 10.4 Å². The maximum Gasteiger partial charge on any atom is 2.00 e. The molecule has 0 saturated carbocycles. The molecule has 2 heterocycles. The van der Waals surface area contributed by atoms with Crippen molar-refractivity contribution in [1.29, 1.82) is 0 Å². The van der Waals surface area contributed by atoms with Gasteiger partial charge in [0.1, 0.15) is 8.07 Å². The monoisotopic (exact) mass is 509 g/mol. The van der Waals surface area contributed by atoms with Crippen molar-refractivity contribution in [2.45, 2.75) is 19.5 Å². The molecule has 2 aromatic rings. The second-order valence-electron chi connectivity index (χ2n) is 8.04. The Bertz CT molecular complexity index is 1230. The van der Waals surface area contributed by atoms with Crippen LogP contribution in [0.15, 0.2) is 105 Å². The molecule has 0 N–H and O–H groups in total. The summed E-state index contributed by atoms with van der Waals surface area (Å²) in [5.41, 5.74) is 8.11. The zero-order chi connectivity index (χ0) is 17.5. The van der Waals surface area contributed by atoms with Crippen molar-refractivity contribution < 1.29 is 51.0 Å². The molecule has 0 bridgehead atoms. The van der Waals surface area contributed by atoms with Crippen LogP contribution in [-0.2, 0) is 26.2 Å². The molecule has 0 unspecified atom stereocenters. The van der Waals surface area contributed by atoms with Crippen molar-refractivity contribution in [3.05, 3.63) is 105 Å². The maximum atomic E-state index is 5.12. The Hall–Kier alpha value is -1.25. The molecule has 0 amide bonds. The van der Waals surface area contributed by atoms with Crippen molar-refractivity contribution in [2.24, 2.45) is 4.99 Å². The number of hydrogen-bond donors (Lipinski definition) is 0. The molecule has 0 spiro atoms. The van der Waals surface area contributed by atoms with Crippen molar-refractivity contribution in [3.63, 3.8) is 0 Å². The van der Waals surface area contributed by atoms with Crippen LogP contribution < -0.4 is 24.8 Å². The first kappa shape index (κ1) is 22.4. The van der Waals surface area contributed by atoms with Crippen LogP contribution in [0.3, 0.4) is 0 Å². The van der Waals surface area contributed by atoms with Crippen LogP contribution in [-0.4, -0.2) is 13.8 Å². The zero-order valence-electron chi connectivity index (χ0n) is 16.3. The molecule has 2 aliphatic heterocycles. The Labute approximate surface area is 204 Å². The molecule has 5 heteroatoms. The molecule has 4 aliphatic rings. The molecule has 1 nitrogen and oxygen atoms in total. The van der Waals surface area contributed by atoms with Gasteiger partial charge in [0.15, 0.2) is 0 Å². The second-order valence-corrected chi connectivity index (χ2v) is 12.3. The summed E-state index contributed by atoms with van der Waals surface area (Å²) in [6, 6.07) is 15.4. The summed E-state index contributed by atoms with van der Waals surface area (Å²) in [5.74, 6) is 0. The van der Waals surface area contributed by atoms with Gasteiger partial charge in [0.05, 0.1) is 11.4 Å². The fraction of sp³-hybridized carbons (Fsp3) is 0.125. The van der Waals surface area contributed by atoms with E-state index in [1.165, 1.54) is 44.5 Å². The van der Waals surface area contributed by atoms with Gasteiger partial charge in [-0.05, 0) is 50.9 Å². The standard InChI is InChI=1S/C24H19NSi.2ClH.Zr/c1-26(2)23-19(16-8-4-5-9-16)14-20-21(23)24(26)22(25-20)18-12-11-15-7-3-6-10-17(15)13-18;;;/h3-8,10-14H,9H2,1-2H3;2*1H;/q;;;+2/p-2. The Morgan fingerprint density at radius 1 is 0.931 bits per heavy atom. The third-order valence-electron chi connectivity index (χ3n) is 6.17. The Balaban J connectivity index is 0.000000801. The molecule has 0 aromatic heterocycles. The van der Waals surface area contributed by atoms with Gasteiger partial charge in [-0.15, -0.1) is 0 Å². The van der Waals surface area contributed by atoms with Crippen LogP contribution in [0, 0.1) is 0 Å². The summed E-state index contributed by atoms with van der Waals surface area (Å²) >= 11 is 0. The maximum absolute atomic E-state index is 5.12. The van der Waals surface area contributed by atoms with E-state index < -0.39 is 8.07 Å². The summed E-state index contributed by atoms with van der Waals surface area (Å²) in [6.45, 7) is 4.98. The minimum absolute atomic E-state index is 0. The number of rotatable bonds is 2. The van der Waals surface area contributed by atoms with Gasteiger partial charge in [0, 0.05) is 11.1 Å². The third-order valence-corrected chi connectivity index (χ3v) is 9.67. The second kappa shape index (κ2) is 7.78. The molecular weight excluding hydrogens is 492 g/mol. The average molecular weight is 512 g/mol. The number of hydrogen-bond acceptors (Lipinski definition) is 1. The van der Waals surface area contributed by atoms with Crippen LogP contribution in [0.25, 0.3) is 10.8 Å². The molecule has 6 rings (SSSR count). The van der Waals surface area contributed by atoms with Crippen LogP contribution in [0.2, 0.25) is 13.1 Å². The smallest absolute Gasteiger partial charge is 1.00 e. The summed E-state index contributed by atoms with van der Waals surface area (Å²) in [4.78, 5) is 5.12. The first-order valence-corrected chi connectivity index (χ1v) is 12.3. The van der Waals surface area contributed by atoms with Gasteiger partial charge >= 0.3 is 26.2 Å². The van der Waals surface area contributed by atoms with Gasteiger partial charge in [0.25, 0.3) is 0 Å². The number of aliphatic imine (C=N–C) groups is 1. The van der Waals surface area contributed by atoms with Crippen molar-refractivity contribution in [3.8, 4) is 0 Å². The fourth-order valence-corrected chi connectivity index (χ4v) is 8.46. The van der Waals surface area contributed by atoms with Crippen molar-refractivity contribution in [2.75, 3.05) is 0 Å². The van der Waals surface area contributed by atoms with E-state index in [1.807, 2.05) is 0 Å². The minimum Gasteiger partial charge on any atom is -1.00 e. The van der Waals surface area contributed by atoms with Gasteiger partial charge in [-0.25, -0.2) is 4.99 Å². The van der Waals surface area contributed by atoms with Crippen LogP contribution in [0.5, 0.6) is 0 Å². The first-order chi connectivity index (χ1) is 12.6. The molecule has 29 heavy (non-hydrogen) atoms. The molecule has 0 fully saturated rings. The molecule has 2 aliphatic carbocycles. The summed E-state index contributed by atoms with van der Waals surface area (Å²) < 4.78 is 0. The van der Waals surface area contributed by atoms with Crippen molar-refractivity contribution in [1.82, 2.24) is 0 Å². The quantitative estimate of drug-likeness (QED) is 0.497. The van der Waals surface area contributed by atoms with E-state index in [-0.39, 0.29) is 51.0 Å². The van der Waals surface area contributed by atoms with E-state index in [0.717, 1.165) is 6.42 Å². The van der Waals surface area contributed by atoms with E-state index >= 15 is 0 Å². The summed E-state index contributed by atoms with van der Waals surface area (Å²) in [6.07, 6.45) is 10.1. The molecule has 0 radical (unpaired) electrons. The van der Waals surface area contributed by atoms with Gasteiger partial charge in [-0.1, -0.05) is 67.7 Å². The normalized spacial score (nSPS) is 19.6. The average Bonchev–Trinajstić information content (AvgIpc) is 3.33. The minimum atomic E-state index is -1.60. The van der Waals surface area contributed by atoms with Gasteiger partial charge < -0.3 is 24.8 Å². The van der Waals surface area contributed by atoms with E-state index in [9.17, 15) is 0 Å². The molecule has 142 valence electrons. The molecule has 2 aromatic carbocycles. The van der Waals surface area contributed by atoms with E-state index in [2.05, 4.69) is 79.9 Å². The SMILES string of the molecule is C[Si]1(C)C2=C(C3=CC=CC3)C=C3N=C(c4ccc5ccccc5c4)C1=C32.[Cl-].[Cl-].[Zr+2]. The van der Waals surface area contributed by atoms with Crippen LogP contribution in [0.4, 0.5) is 0 Å². The summed E-state index contributed by atoms with van der Waals surface area (Å²) in [7, 11) is -1.60. The Kier molecular flexibility index (Phi) is 6.02. The van der Waals surface area contributed by atoms with Gasteiger partial charge in [0.2, 0.25) is 0 Å². The van der Waals surface area contributed by atoms with Crippen LogP contribution in [0.1, 0.15) is 12.0 Å². The zero-order valence-corrected chi connectivity index (χ0v) is 21.2. The predicted molar refractivity (Wildman–Crippen MR) is 112 cm³/mol. The topological polar surface area (TPSA) is 12.4 Å². The number of nitrogens with zero attached hydrogens (tertiary/aromatic N) is 1.